The zero-order valence-electron chi connectivity index (χ0n) is 14.5. The first-order chi connectivity index (χ1) is 12.0. The van der Waals surface area contributed by atoms with E-state index in [9.17, 15) is 9.59 Å². The fourth-order valence-corrected chi connectivity index (χ4v) is 2.13. The molecule has 1 atom stereocenters. The summed E-state index contributed by atoms with van der Waals surface area (Å²) in [7, 11) is 0. The van der Waals surface area contributed by atoms with Gasteiger partial charge >= 0.3 is 11.9 Å². The number of esters is 2. The van der Waals surface area contributed by atoms with Crippen LogP contribution in [0.3, 0.4) is 0 Å². The van der Waals surface area contributed by atoms with Crippen molar-refractivity contribution in [1.29, 1.82) is 0 Å². The molecule has 2 N–H and O–H groups in total. The van der Waals surface area contributed by atoms with Crippen LogP contribution in [0.5, 0.6) is 5.75 Å². The number of carbonyl (C=O) groups is 2. The van der Waals surface area contributed by atoms with Gasteiger partial charge in [-0.1, -0.05) is 44.2 Å². The van der Waals surface area contributed by atoms with Gasteiger partial charge in [0.15, 0.2) is 0 Å². The van der Waals surface area contributed by atoms with Crippen LogP contribution in [0.1, 0.15) is 29.8 Å². The van der Waals surface area contributed by atoms with E-state index in [4.69, 9.17) is 15.2 Å². The first-order valence-electron chi connectivity index (χ1n) is 8.24. The second kappa shape index (κ2) is 8.99. The molecule has 0 radical (unpaired) electrons. The summed E-state index contributed by atoms with van der Waals surface area (Å²) in [6.07, 6.45) is 0.365. The monoisotopic (exact) mass is 341 g/mol. The van der Waals surface area contributed by atoms with Crippen molar-refractivity contribution in [3.63, 3.8) is 0 Å². The van der Waals surface area contributed by atoms with Gasteiger partial charge in [0.2, 0.25) is 0 Å². The Labute approximate surface area is 147 Å². The lowest BCUT2D eigenvalue weighted by Crippen LogP contribution is -2.35. The van der Waals surface area contributed by atoms with Gasteiger partial charge in [-0.05, 0) is 42.2 Å². The van der Waals surface area contributed by atoms with Crippen molar-refractivity contribution in [2.24, 2.45) is 11.7 Å². The van der Waals surface area contributed by atoms with Crippen LogP contribution >= 0.6 is 0 Å². The lowest BCUT2D eigenvalue weighted by molar-refractivity contribution is -0.146. The summed E-state index contributed by atoms with van der Waals surface area (Å²) in [5, 5.41) is 0. The van der Waals surface area contributed by atoms with Crippen LogP contribution in [-0.4, -0.2) is 24.6 Å². The Bertz CT molecular complexity index is 695. The van der Waals surface area contributed by atoms with Crippen molar-refractivity contribution >= 4 is 11.9 Å². The fourth-order valence-electron chi connectivity index (χ4n) is 2.13. The quantitative estimate of drug-likeness (QED) is 0.619. The van der Waals surface area contributed by atoms with Gasteiger partial charge in [0, 0.05) is 0 Å². The topological polar surface area (TPSA) is 78.6 Å². The van der Waals surface area contributed by atoms with Crippen molar-refractivity contribution in [3.8, 4) is 5.75 Å². The van der Waals surface area contributed by atoms with Gasteiger partial charge in [-0.25, -0.2) is 4.79 Å². The molecule has 0 spiro atoms. The molecule has 0 aliphatic rings. The summed E-state index contributed by atoms with van der Waals surface area (Å²) in [4.78, 5) is 23.8. The minimum atomic E-state index is -0.712. The molecule has 2 rings (SSSR count). The van der Waals surface area contributed by atoms with Crippen LogP contribution in [0.25, 0.3) is 0 Å². The molecular formula is C20H23NO4. The molecule has 0 heterocycles. The molecule has 5 heteroatoms. The predicted molar refractivity (Wildman–Crippen MR) is 95.3 cm³/mol. The number of rotatable bonds is 7. The zero-order valence-corrected chi connectivity index (χ0v) is 14.5. The number of hydrogen-bond donors (Lipinski definition) is 1. The van der Waals surface area contributed by atoms with Crippen molar-refractivity contribution < 1.29 is 19.1 Å². The van der Waals surface area contributed by atoms with E-state index in [0.717, 1.165) is 5.56 Å². The SMILES string of the molecule is CC(C)COC(=O)[C@@H](N)Cc1ccc(OC(=O)c2ccccc2)cc1. The second-order valence-corrected chi connectivity index (χ2v) is 6.23. The average molecular weight is 341 g/mol. The van der Waals surface area contributed by atoms with Gasteiger partial charge in [-0.15, -0.1) is 0 Å². The molecule has 5 nitrogen and oxygen atoms in total. The zero-order chi connectivity index (χ0) is 18.2. The summed E-state index contributed by atoms with van der Waals surface area (Å²) in [6.45, 7) is 4.30. The largest absolute Gasteiger partial charge is 0.464 e. The Kier molecular flexibility index (Phi) is 6.71. The standard InChI is InChI=1S/C20H23NO4/c1-14(2)13-24-20(23)18(21)12-15-8-10-17(11-9-15)25-19(22)16-6-4-3-5-7-16/h3-11,14,18H,12-13,21H2,1-2H3/t18-/m0/s1. The van der Waals surface area contributed by atoms with E-state index >= 15 is 0 Å². The normalized spacial score (nSPS) is 11.8. The highest BCUT2D eigenvalue weighted by atomic mass is 16.5. The maximum Gasteiger partial charge on any atom is 0.343 e. The molecule has 0 aliphatic heterocycles. The van der Waals surface area contributed by atoms with Gasteiger partial charge in [0.25, 0.3) is 0 Å². The highest BCUT2D eigenvalue weighted by Crippen LogP contribution is 2.15. The summed E-state index contributed by atoms with van der Waals surface area (Å²) in [6, 6.07) is 15.0. The van der Waals surface area contributed by atoms with E-state index in [1.54, 1.807) is 48.5 Å². The van der Waals surface area contributed by atoms with Gasteiger partial charge < -0.3 is 15.2 Å². The van der Waals surface area contributed by atoms with Gasteiger partial charge in [-0.3, -0.25) is 4.79 Å². The summed E-state index contributed by atoms with van der Waals surface area (Å²) in [5.41, 5.74) is 7.23. The van der Waals surface area contributed by atoms with Crippen molar-refractivity contribution in [2.75, 3.05) is 6.61 Å². The number of carbonyl (C=O) groups excluding carboxylic acids is 2. The predicted octanol–water partition coefficient (Wildman–Crippen LogP) is 2.97. The van der Waals surface area contributed by atoms with Crippen molar-refractivity contribution in [3.05, 3.63) is 65.7 Å². The van der Waals surface area contributed by atoms with E-state index < -0.39 is 18.0 Å². The Balaban J connectivity index is 1.89. The van der Waals surface area contributed by atoms with E-state index in [-0.39, 0.29) is 5.92 Å². The molecular weight excluding hydrogens is 318 g/mol. The average Bonchev–Trinajstić information content (AvgIpc) is 2.62. The third kappa shape index (κ3) is 6.04. The summed E-state index contributed by atoms with van der Waals surface area (Å²) in [5.74, 6) is -0.112. The second-order valence-electron chi connectivity index (χ2n) is 6.23. The first-order valence-corrected chi connectivity index (χ1v) is 8.24. The fraction of sp³-hybridized carbons (Fsp3) is 0.300. The molecule has 0 aliphatic carbocycles. The lowest BCUT2D eigenvalue weighted by Gasteiger charge is -2.13. The minimum Gasteiger partial charge on any atom is -0.464 e. The molecule has 0 aromatic heterocycles. The molecule has 132 valence electrons. The third-order valence-electron chi connectivity index (χ3n) is 3.46. The van der Waals surface area contributed by atoms with Gasteiger partial charge in [-0.2, -0.15) is 0 Å². The first kappa shape index (κ1) is 18.7. The van der Waals surface area contributed by atoms with Crippen LogP contribution < -0.4 is 10.5 Å². The maximum absolute atomic E-state index is 12.0. The van der Waals surface area contributed by atoms with Crippen molar-refractivity contribution in [2.45, 2.75) is 26.3 Å². The van der Waals surface area contributed by atoms with E-state index in [0.29, 0.717) is 24.3 Å². The van der Waals surface area contributed by atoms with Crippen molar-refractivity contribution in [1.82, 2.24) is 0 Å². The summed E-state index contributed by atoms with van der Waals surface area (Å²) < 4.78 is 10.4. The van der Waals surface area contributed by atoms with Crippen LogP contribution in [0.2, 0.25) is 0 Å². The molecule has 25 heavy (non-hydrogen) atoms. The van der Waals surface area contributed by atoms with Crippen LogP contribution in [-0.2, 0) is 16.0 Å². The Hall–Kier alpha value is -2.66. The molecule has 2 aromatic rings. The number of benzene rings is 2. The maximum atomic E-state index is 12.0. The number of nitrogens with two attached hydrogens (primary N) is 1. The van der Waals surface area contributed by atoms with E-state index in [1.165, 1.54) is 0 Å². The van der Waals surface area contributed by atoms with Gasteiger partial charge in [0.05, 0.1) is 12.2 Å². The molecule has 2 aromatic carbocycles. The Morgan fingerprint density at radius 1 is 1.00 bits per heavy atom. The van der Waals surface area contributed by atoms with E-state index in [1.807, 2.05) is 19.9 Å². The van der Waals surface area contributed by atoms with Crippen LogP contribution in [0.4, 0.5) is 0 Å². The highest BCUT2D eigenvalue weighted by Gasteiger charge is 2.16. The Morgan fingerprint density at radius 3 is 2.24 bits per heavy atom. The minimum absolute atomic E-state index is 0.273. The smallest absolute Gasteiger partial charge is 0.343 e. The molecule has 0 amide bonds. The summed E-state index contributed by atoms with van der Waals surface area (Å²) >= 11 is 0. The Morgan fingerprint density at radius 2 is 1.64 bits per heavy atom. The molecule has 0 fully saturated rings. The molecule has 0 bridgehead atoms. The molecule has 0 saturated heterocycles. The van der Waals surface area contributed by atoms with E-state index in [2.05, 4.69) is 0 Å². The lowest BCUT2D eigenvalue weighted by atomic mass is 10.1. The molecule has 0 unspecified atom stereocenters. The number of ether oxygens (including phenoxy) is 2. The van der Waals surface area contributed by atoms with Crippen LogP contribution in [0, 0.1) is 5.92 Å². The third-order valence-corrected chi connectivity index (χ3v) is 3.46. The van der Waals surface area contributed by atoms with Crippen LogP contribution in [0.15, 0.2) is 54.6 Å². The van der Waals surface area contributed by atoms with Gasteiger partial charge in [0.1, 0.15) is 11.8 Å². The highest BCUT2D eigenvalue weighted by molar-refractivity contribution is 5.90. The molecule has 0 saturated carbocycles. The number of hydrogen-bond acceptors (Lipinski definition) is 5.